The van der Waals surface area contributed by atoms with Gasteiger partial charge in [-0.15, -0.1) is 0 Å². The van der Waals surface area contributed by atoms with E-state index in [1.807, 2.05) is 17.0 Å². The molecule has 0 aromatic heterocycles. The molecule has 1 aromatic rings. The zero-order valence-corrected chi connectivity index (χ0v) is 15.1. The van der Waals surface area contributed by atoms with E-state index in [0.717, 1.165) is 38.0 Å². The molecular weight excluding hydrogens is 330 g/mol. The molecule has 1 amide bonds. The van der Waals surface area contributed by atoms with Crippen LogP contribution in [0.15, 0.2) is 24.3 Å². The molecule has 6 nitrogen and oxygen atoms in total. The molecule has 1 atom stereocenters. The minimum Gasteiger partial charge on any atom is -0.480 e. The van der Waals surface area contributed by atoms with Crippen molar-refractivity contribution in [1.82, 2.24) is 10.2 Å². The fraction of sp³-hybridized carbons (Fsp3) is 0.600. The van der Waals surface area contributed by atoms with Gasteiger partial charge in [-0.2, -0.15) is 0 Å². The Morgan fingerprint density at radius 1 is 1.04 bits per heavy atom. The van der Waals surface area contributed by atoms with Crippen molar-refractivity contribution < 1.29 is 14.7 Å². The van der Waals surface area contributed by atoms with Gasteiger partial charge in [0.15, 0.2) is 0 Å². The van der Waals surface area contributed by atoms with Crippen LogP contribution in [0.1, 0.15) is 42.5 Å². The minimum absolute atomic E-state index is 0.0411. The lowest BCUT2D eigenvalue weighted by molar-refractivity contribution is -0.139. The molecule has 1 aromatic carbocycles. The van der Waals surface area contributed by atoms with Gasteiger partial charge in [0, 0.05) is 44.0 Å². The van der Waals surface area contributed by atoms with Gasteiger partial charge in [-0.1, -0.05) is 0 Å². The van der Waals surface area contributed by atoms with E-state index in [2.05, 4.69) is 22.3 Å². The number of nitrogens with one attached hydrogen (secondary N) is 1. The molecule has 140 valence electrons. The smallest absolute Gasteiger partial charge is 0.320 e. The van der Waals surface area contributed by atoms with E-state index in [1.54, 1.807) is 0 Å². The summed E-state index contributed by atoms with van der Waals surface area (Å²) in [4.78, 5) is 28.3. The maximum Gasteiger partial charge on any atom is 0.320 e. The Labute approximate surface area is 154 Å². The number of benzene rings is 1. The highest BCUT2D eigenvalue weighted by Crippen LogP contribution is 2.39. The first-order chi connectivity index (χ1) is 12.6. The molecule has 0 unspecified atom stereocenters. The van der Waals surface area contributed by atoms with Crippen molar-refractivity contribution in [1.29, 1.82) is 0 Å². The molecule has 2 N–H and O–H groups in total. The van der Waals surface area contributed by atoms with Gasteiger partial charge in [0.1, 0.15) is 6.04 Å². The Morgan fingerprint density at radius 2 is 1.69 bits per heavy atom. The quantitative estimate of drug-likeness (QED) is 0.865. The second-order valence-electron chi connectivity index (χ2n) is 8.01. The van der Waals surface area contributed by atoms with E-state index >= 15 is 0 Å². The first kappa shape index (κ1) is 17.3. The molecule has 3 aliphatic heterocycles. The second kappa shape index (κ2) is 6.91. The van der Waals surface area contributed by atoms with Crippen LogP contribution in [0.2, 0.25) is 0 Å². The Bertz CT molecular complexity index is 674. The predicted octanol–water partition coefficient (Wildman–Crippen LogP) is 1.96. The van der Waals surface area contributed by atoms with E-state index in [-0.39, 0.29) is 11.3 Å². The monoisotopic (exact) mass is 357 g/mol. The molecular formula is C20H27N3O3. The van der Waals surface area contributed by atoms with Crippen LogP contribution in [0, 0.1) is 5.41 Å². The van der Waals surface area contributed by atoms with Crippen molar-refractivity contribution in [2.45, 2.75) is 38.1 Å². The number of carbonyl (C=O) groups is 2. The molecule has 0 saturated carbocycles. The van der Waals surface area contributed by atoms with Crippen molar-refractivity contribution in [2.75, 3.05) is 37.6 Å². The Morgan fingerprint density at radius 3 is 2.27 bits per heavy atom. The van der Waals surface area contributed by atoms with Gasteiger partial charge in [-0.05, 0) is 61.8 Å². The first-order valence-corrected chi connectivity index (χ1v) is 9.67. The number of carboxylic acids is 1. The molecule has 0 radical (unpaired) electrons. The summed E-state index contributed by atoms with van der Waals surface area (Å²) in [6, 6.07) is 7.57. The van der Waals surface area contributed by atoms with Crippen molar-refractivity contribution in [2.24, 2.45) is 5.41 Å². The summed E-state index contributed by atoms with van der Waals surface area (Å²) in [5, 5.41) is 12.3. The number of anilines is 1. The average Bonchev–Trinajstić information content (AvgIpc) is 3.33. The largest absolute Gasteiger partial charge is 0.480 e. The molecule has 26 heavy (non-hydrogen) atoms. The van der Waals surface area contributed by atoms with Gasteiger partial charge >= 0.3 is 5.97 Å². The molecule has 3 saturated heterocycles. The second-order valence-corrected chi connectivity index (χ2v) is 8.01. The van der Waals surface area contributed by atoms with Crippen molar-refractivity contribution >= 4 is 17.6 Å². The summed E-state index contributed by atoms with van der Waals surface area (Å²) >= 11 is 0. The SMILES string of the molecule is O=C(O)[C@H]1CC2(CCN(C(=O)c3ccc(N4CCCC4)cc3)CC2)CN1. The van der Waals surface area contributed by atoms with Gasteiger partial charge in [0.2, 0.25) is 0 Å². The molecule has 1 spiro atoms. The fourth-order valence-corrected chi connectivity index (χ4v) is 4.63. The van der Waals surface area contributed by atoms with E-state index in [1.165, 1.54) is 18.5 Å². The van der Waals surface area contributed by atoms with Gasteiger partial charge in [0.25, 0.3) is 5.91 Å². The van der Waals surface area contributed by atoms with Crippen LogP contribution in [0.5, 0.6) is 0 Å². The molecule has 3 fully saturated rings. The highest BCUT2D eigenvalue weighted by atomic mass is 16.4. The Hall–Kier alpha value is -2.08. The lowest BCUT2D eigenvalue weighted by atomic mass is 9.76. The molecule has 6 heteroatoms. The highest BCUT2D eigenvalue weighted by molar-refractivity contribution is 5.94. The zero-order chi connectivity index (χ0) is 18.1. The summed E-state index contributed by atoms with van der Waals surface area (Å²) in [5.41, 5.74) is 1.99. The van der Waals surface area contributed by atoms with Crippen LogP contribution in [0.4, 0.5) is 5.69 Å². The normalized spacial score (nSPS) is 25.0. The van der Waals surface area contributed by atoms with E-state index in [4.69, 9.17) is 0 Å². The van der Waals surface area contributed by atoms with E-state index in [9.17, 15) is 14.7 Å². The number of hydrogen-bond donors (Lipinski definition) is 2. The molecule has 3 heterocycles. The van der Waals surface area contributed by atoms with Gasteiger partial charge in [-0.3, -0.25) is 9.59 Å². The van der Waals surface area contributed by atoms with Crippen LogP contribution in [0.3, 0.4) is 0 Å². The summed E-state index contributed by atoms with van der Waals surface area (Å²) < 4.78 is 0. The predicted molar refractivity (Wildman–Crippen MR) is 99.5 cm³/mol. The van der Waals surface area contributed by atoms with Crippen molar-refractivity contribution in [3.8, 4) is 0 Å². The van der Waals surface area contributed by atoms with E-state index in [0.29, 0.717) is 19.5 Å². The van der Waals surface area contributed by atoms with E-state index < -0.39 is 12.0 Å². The minimum atomic E-state index is -0.765. The van der Waals surface area contributed by atoms with Gasteiger partial charge < -0.3 is 20.2 Å². The summed E-state index contributed by atoms with van der Waals surface area (Å²) in [6.45, 7) is 4.37. The third-order valence-electron chi connectivity index (χ3n) is 6.36. The number of piperidine rings is 1. The van der Waals surface area contributed by atoms with Gasteiger partial charge in [0.05, 0.1) is 0 Å². The zero-order valence-electron chi connectivity index (χ0n) is 15.1. The van der Waals surface area contributed by atoms with Crippen LogP contribution in [-0.2, 0) is 4.79 Å². The lowest BCUT2D eigenvalue weighted by Crippen LogP contribution is -2.44. The maximum absolute atomic E-state index is 12.8. The summed E-state index contributed by atoms with van der Waals surface area (Å²) in [7, 11) is 0. The topological polar surface area (TPSA) is 72.9 Å². The standard InChI is InChI=1S/C20H27N3O3/c24-18(15-3-5-16(6-4-15)22-9-1-2-10-22)23-11-7-20(8-12-23)13-17(19(25)26)21-14-20/h3-6,17,21H,1-2,7-14H2,(H,25,26)/t17-/m1/s1. The highest BCUT2D eigenvalue weighted by Gasteiger charge is 2.44. The van der Waals surface area contributed by atoms with Crippen molar-refractivity contribution in [3.05, 3.63) is 29.8 Å². The van der Waals surface area contributed by atoms with Crippen molar-refractivity contribution in [3.63, 3.8) is 0 Å². The number of carbonyl (C=O) groups excluding carboxylic acids is 1. The Kier molecular flexibility index (Phi) is 4.61. The number of amides is 1. The van der Waals surface area contributed by atoms with Gasteiger partial charge in [-0.25, -0.2) is 0 Å². The Balaban J connectivity index is 1.35. The van der Waals surface area contributed by atoms with Crippen LogP contribution in [0.25, 0.3) is 0 Å². The number of carboxylic acid groups (broad SMARTS) is 1. The molecule has 4 rings (SSSR count). The fourth-order valence-electron chi connectivity index (χ4n) is 4.63. The average molecular weight is 357 g/mol. The summed E-state index contributed by atoms with van der Waals surface area (Å²) in [6.07, 6.45) is 4.92. The number of hydrogen-bond acceptors (Lipinski definition) is 4. The number of rotatable bonds is 3. The molecule has 0 bridgehead atoms. The third-order valence-corrected chi connectivity index (χ3v) is 6.36. The van der Waals surface area contributed by atoms with Crippen LogP contribution in [-0.4, -0.2) is 60.6 Å². The maximum atomic E-state index is 12.8. The third kappa shape index (κ3) is 3.30. The number of nitrogens with zero attached hydrogens (tertiary/aromatic N) is 2. The lowest BCUT2D eigenvalue weighted by Gasteiger charge is -2.39. The van der Waals surface area contributed by atoms with Crippen LogP contribution < -0.4 is 10.2 Å². The first-order valence-electron chi connectivity index (χ1n) is 9.67. The molecule has 3 aliphatic rings. The van der Waals surface area contributed by atoms with Crippen LogP contribution >= 0.6 is 0 Å². The number of likely N-dealkylation sites (tertiary alicyclic amines) is 1. The molecule has 0 aliphatic carbocycles. The number of aliphatic carboxylic acids is 1. The summed E-state index contributed by atoms with van der Waals surface area (Å²) in [5.74, 6) is -0.674.